The number of carbonyl (C=O) groups excluding carboxylic acids is 3. The lowest BCUT2D eigenvalue weighted by Gasteiger charge is -2.35. The van der Waals surface area contributed by atoms with Gasteiger partial charge in [0.25, 0.3) is 5.91 Å². The summed E-state index contributed by atoms with van der Waals surface area (Å²) in [5.41, 5.74) is 0.434. The molecule has 3 aliphatic rings. The minimum atomic E-state index is -3.12. The van der Waals surface area contributed by atoms with Crippen LogP contribution < -0.4 is 10.1 Å². The molecule has 0 radical (unpaired) electrons. The molecule has 9 heteroatoms. The van der Waals surface area contributed by atoms with E-state index in [1.165, 1.54) is 30.3 Å². The molecule has 2 aromatic rings. The summed E-state index contributed by atoms with van der Waals surface area (Å²) in [4.78, 5) is 39.4. The van der Waals surface area contributed by atoms with Crippen LogP contribution >= 0.6 is 0 Å². The highest BCUT2D eigenvalue weighted by molar-refractivity contribution is 6.05. The van der Waals surface area contributed by atoms with Gasteiger partial charge in [0.1, 0.15) is 24.2 Å². The Bertz CT molecular complexity index is 1610. The summed E-state index contributed by atoms with van der Waals surface area (Å²) in [5, 5.41) is 1.78. The highest BCUT2D eigenvalue weighted by Gasteiger charge is 2.40. The maximum Gasteiger partial charge on any atom is 0.255 e. The normalized spacial score (nSPS) is 38.4. The Labute approximate surface area is 223 Å². The summed E-state index contributed by atoms with van der Waals surface area (Å²) in [6.07, 6.45) is -10.8. The maximum atomic E-state index is 14.9. The first kappa shape index (κ1) is 15.1. The van der Waals surface area contributed by atoms with Gasteiger partial charge in [-0.15, -0.1) is 0 Å². The molecule has 2 fully saturated rings. The Morgan fingerprint density at radius 3 is 2.75 bits per heavy atom. The van der Waals surface area contributed by atoms with E-state index in [0.29, 0.717) is 4.90 Å². The molecular weight excluding hydrogens is 465 g/mol. The number of hydrogen-bond donors (Lipinski definition) is 1. The van der Waals surface area contributed by atoms with Gasteiger partial charge in [0.2, 0.25) is 11.8 Å². The molecule has 3 heterocycles. The van der Waals surface area contributed by atoms with Gasteiger partial charge in [-0.3, -0.25) is 24.6 Å². The zero-order valence-corrected chi connectivity index (χ0v) is 19.5. The van der Waals surface area contributed by atoms with E-state index < -0.39 is 80.6 Å². The van der Waals surface area contributed by atoms with E-state index in [2.05, 4.69) is 0 Å². The summed E-state index contributed by atoms with van der Waals surface area (Å²) >= 11 is 0. The van der Waals surface area contributed by atoms with Crippen molar-refractivity contribution in [3.63, 3.8) is 0 Å². The van der Waals surface area contributed by atoms with E-state index in [0.717, 1.165) is 24.8 Å². The third kappa shape index (κ3) is 4.99. The molecule has 3 unspecified atom stereocenters. The summed E-state index contributed by atoms with van der Waals surface area (Å²) in [6.45, 7) is -4.52. The van der Waals surface area contributed by atoms with Gasteiger partial charge in [-0.2, -0.15) is 0 Å². The minimum Gasteiger partial charge on any atom is -0.488 e. The molecular formula is C27H30FN3O5. The number of hydrogen-bond acceptors (Lipinski definition) is 6. The van der Waals surface area contributed by atoms with Gasteiger partial charge in [0, 0.05) is 53.6 Å². The second-order valence-corrected chi connectivity index (χ2v) is 8.44. The molecule has 3 aliphatic heterocycles. The highest BCUT2D eigenvalue weighted by Crippen LogP contribution is 2.34. The highest BCUT2D eigenvalue weighted by atomic mass is 19.1. The van der Waals surface area contributed by atoms with Crippen LogP contribution in [0.4, 0.5) is 4.39 Å². The van der Waals surface area contributed by atoms with E-state index in [1.807, 2.05) is 0 Å². The molecule has 1 N–H and O–H groups in total. The Hall–Kier alpha value is -3.30. The lowest BCUT2D eigenvalue weighted by molar-refractivity contribution is -0.136. The van der Waals surface area contributed by atoms with Crippen LogP contribution in [0, 0.1) is 5.82 Å². The predicted molar refractivity (Wildman–Crippen MR) is 129 cm³/mol. The lowest BCUT2D eigenvalue weighted by atomic mass is 10.0. The van der Waals surface area contributed by atoms with Gasteiger partial charge in [0.05, 0.1) is 21.4 Å². The summed E-state index contributed by atoms with van der Waals surface area (Å²) < 4.78 is 109. The topological polar surface area (TPSA) is 88.2 Å². The van der Waals surface area contributed by atoms with Crippen molar-refractivity contribution in [3.05, 3.63) is 64.5 Å². The number of imide groups is 1. The summed E-state index contributed by atoms with van der Waals surface area (Å²) in [7, 11) is 0. The molecule has 190 valence electrons. The molecule has 5 rings (SSSR count). The van der Waals surface area contributed by atoms with E-state index in [4.69, 9.17) is 23.2 Å². The van der Waals surface area contributed by atoms with Crippen molar-refractivity contribution in [3.8, 4) is 5.75 Å². The van der Waals surface area contributed by atoms with E-state index >= 15 is 0 Å². The number of halogens is 1. The number of carbonyl (C=O) groups is 3. The molecule has 0 aliphatic carbocycles. The number of nitrogens with one attached hydrogen (secondary N) is 1. The number of rotatable bonds is 6. The predicted octanol–water partition coefficient (Wildman–Crippen LogP) is 2.77. The van der Waals surface area contributed by atoms with Gasteiger partial charge in [-0.1, -0.05) is 12.1 Å². The number of benzene rings is 2. The smallest absolute Gasteiger partial charge is 0.255 e. The van der Waals surface area contributed by atoms with Crippen LogP contribution in [-0.2, 0) is 34.0 Å². The van der Waals surface area contributed by atoms with Crippen LogP contribution in [0.15, 0.2) is 36.4 Å². The van der Waals surface area contributed by atoms with Gasteiger partial charge in [-0.25, -0.2) is 4.39 Å². The van der Waals surface area contributed by atoms with Crippen LogP contribution in [0.2, 0.25) is 0 Å². The first-order valence-electron chi connectivity index (χ1n) is 16.1. The van der Waals surface area contributed by atoms with E-state index in [9.17, 15) is 18.8 Å². The van der Waals surface area contributed by atoms with Crippen LogP contribution in [0.5, 0.6) is 5.75 Å². The second-order valence-electron chi connectivity index (χ2n) is 8.44. The van der Waals surface area contributed by atoms with Crippen molar-refractivity contribution < 1.29 is 42.0 Å². The fourth-order valence-corrected chi connectivity index (χ4v) is 4.24. The number of morpholine rings is 1. The number of fused-ring (bicyclic) bond motifs is 1. The fraction of sp³-hybridized carbons (Fsp3) is 0.444. The van der Waals surface area contributed by atoms with Crippen LogP contribution in [-0.4, -0.2) is 58.7 Å². The number of amides is 3. The first-order valence-corrected chi connectivity index (χ1v) is 11.1. The van der Waals surface area contributed by atoms with E-state index in [-0.39, 0.29) is 34.5 Å². The van der Waals surface area contributed by atoms with Crippen molar-refractivity contribution in [2.75, 3.05) is 13.0 Å². The molecule has 0 aromatic heterocycles. The third-order valence-corrected chi connectivity index (χ3v) is 5.80. The van der Waals surface area contributed by atoms with Crippen molar-refractivity contribution in [2.24, 2.45) is 0 Å². The number of nitrogens with zero attached hydrogens (tertiary/aromatic N) is 2. The molecule has 3 amide bonds. The summed E-state index contributed by atoms with van der Waals surface area (Å²) in [6, 6.07) is 5.98. The average Bonchev–Trinajstić information content (AvgIpc) is 3.25. The van der Waals surface area contributed by atoms with E-state index in [1.54, 1.807) is 5.32 Å². The van der Waals surface area contributed by atoms with Crippen LogP contribution in [0.1, 0.15) is 67.3 Å². The molecule has 2 aromatic carbocycles. The molecule has 0 spiro atoms. The van der Waals surface area contributed by atoms with Crippen molar-refractivity contribution in [1.82, 2.24) is 15.1 Å². The second kappa shape index (κ2) is 9.99. The van der Waals surface area contributed by atoms with Gasteiger partial charge in [-0.05, 0) is 50.0 Å². The summed E-state index contributed by atoms with van der Waals surface area (Å²) in [5.74, 6) is -4.10. The van der Waals surface area contributed by atoms with Crippen LogP contribution in [0.3, 0.4) is 0 Å². The quantitative estimate of drug-likeness (QED) is 0.608. The van der Waals surface area contributed by atoms with Gasteiger partial charge < -0.3 is 14.4 Å². The zero-order valence-electron chi connectivity index (χ0n) is 29.5. The minimum absolute atomic E-state index is 0.0291. The Balaban J connectivity index is 1.39. The third-order valence-electron chi connectivity index (χ3n) is 5.80. The average molecular weight is 506 g/mol. The largest absolute Gasteiger partial charge is 0.488 e. The van der Waals surface area contributed by atoms with Crippen LogP contribution in [0.25, 0.3) is 0 Å². The van der Waals surface area contributed by atoms with Crippen molar-refractivity contribution in [1.29, 1.82) is 0 Å². The molecule has 8 nitrogen and oxygen atoms in total. The molecule has 0 bridgehead atoms. The van der Waals surface area contributed by atoms with Crippen molar-refractivity contribution in [2.45, 2.75) is 64.5 Å². The Morgan fingerprint density at radius 2 is 1.97 bits per heavy atom. The van der Waals surface area contributed by atoms with Gasteiger partial charge in [0.15, 0.2) is 0 Å². The Kier molecular flexibility index (Phi) is 4.18. The number of ether oxygens (including phenoxy) is 2. The monoisotopic (exact) mass is 505 g/mol. The first-order chi connectivity index (χ1) is 21.0. The SMILES string of the molecule is [2H]C1(C)OC([2H])(C)C([2H])([2H])N(Cc2ccc(F)c(COc3cccc4c3CN(C3C(=O)NC(=O)C([2H])([2H])C3([2H])[2H])C4=O)c2)C1([2H])[2H]. The molecule has 0 saturated carbocycles. The molecule has 3 atom stereocenters. The Morgan fingerprint density at radius 1 is 1.19 bits per heavy atom. The number of piperidine rings is 1. The fourth-order valence-electron chi connectivity index (χ4n) is 4.24. The molecule has 36 heavy (non-hydrogen) atoms. The maximum absolute atomic E-state index is 14.9. The van der Waals surface area contributed by atoms with Crippen molar-refractivity contribution >= 4 is 17.7 Å². The molecule has 2 saturated heterocycles. The lowest BCUT2D eigenvalue weighted by Crippen LogP contribution is -2.52. The zero-order chi connectivity index (χ0) is 34.4. The van der Waals surface area contributed by atoms with Gasteiger partial charge >= 0.3 is 0 Å². The standard InChI is InChI=1S/C27H30FN3O5/c1-16-11-30(12-17(2)36-16)13-18-6-7-22(28)19(10-18)15-35-24-5-3-4-20-21(24)14-31(27(20)34)23-8-9-25(32)29-26(23)33/h3-7,10,16-17,23H,8-9,11-15H2,1-2H3,(H,29,32,33)/i8D2,9D2,11D2,12D2,16D,17D.